The molecule has 0 aromatic heterocycles. The first-order chi connectivity index (χ1) is 6.08. The number of carbonyl (C=O) groups excluding carboxylic acids is 1. The molecule has 3 nitrogen and oxygen atoms in total. The molecule has 0 amide bonds. The van der Waals surface area contributed by atoms with Crippen LogP contribution < -0.4 is 5.73 Å². The normalized spacial score (nSPS) is 34.2. The summed E-state index contributed by atoms with van der Waals surface area (Å²) in [6.07, 6.45) is 3.76. The molecule has 2 N–H and O–H groups in total. The van der Waals surface area contributed by atoms with Crippen LogP contribution in [0.25, 0.3) is 0 Å². The van der Waals surface area contributed by atoms with Gasteiger partial charge in [-0.05, 0) is 25.7 Å². The van der Waals surface area contributed by atoms with Crippen LogP contribution in [-0.4, -0.2) is 18.1 Å². The van der Waals surface area contributed by atoms with Gasteiger partial charge in [-0.2, -0.15) is 0 Å². The summed E-state index contributed by atoms with van der Waals surface area (Å²) < 4.78 is 4.97. The third-order valence-corrected chi connectivity index (χ3v) is 2.71. The highest BCUT2D eigenvalue weighted by Crippen LogP contribution is 2.31. The number of hydrogen-bond acceptors (Lipinski definition) is 3. The molecule has 0 aliphatic heterocycles. The molecule has 0 heterocycles. The van der Waals surface area contributed by atoms with E-state index in [1.807, 2.05) is 6.92 Å². The monoisotopic (exact) mass is 185 g/mol. The fraction of sp³-hybridized carbons (Fsp3) is 0.900. The summed E-state index contributed by atoms with van der Waals surface area (Å²) in [5.41, 5.74) is 5.30. The van der Waals surface area contributed by atoms with E-state index in [-0.39, 0.29) is 5.97 Å². The van der Waals surface area contributed by atoms with Gasteiger partial charge >= 0.3 is 5.97 Å². The molecule has 0 bridgehead atoms. The van der Waals surface area contributed by atoms with Crippen molar-refractivity contribution < 1.29 is 9.53 Å². The predicted molar refractivity (Wildman–Crippen MR) is 51.2 cm³/mol. The Labute approximate surface area is 79.6 Å². The molecule has 1 rings (SSSR count). The first-order valence-electron chi connectivity index (χ1n) is 5.04. The largest absolute Gasteiger partial charge is 0.465 e. The molecule has 1 fully saturated rings. The van der Waals surface area contributed by atoms with Crippen LogP contribution in [0.3, 0.4) is 0 Å². The van der Waals surface area contributed by atoms with Gasteiger partial charge in [-0.3, -0.25) is 4.79 Å². The molecule has 1 saturated carbocycles. The average molecular weight is 185 g/mol. The van der Waals surface area contributed by atoms with E-state index in [1.54, 1.807) is 0 Å². The molecule has 76 valence electrons. The summed E-state index contributed by atoms with van der Waals surface area (Å²) in [5, 5.41) is 0. The zero-order chi connectivity index (χ0) is 9.90. The maximum atomic E-state index is 11.5. The Morgan fingerprint density at radius 3 is 2.92 bits per heavy atom. The van der Waals surface area contributed by atoms with E-state index in [0.29, 0.717) is 12.5 Å². The average Bonchev–Trinajstić information content (AvgIpc) is 2.04. The van der Waals surface area contributed by atoms with Gasteiger partial charge in [-0.25, -0.2) is 0 Å². The van der Waals surface area contributed by atoms with Crippen molar-refractivity contribution in [1.82, 2.24) is 0 Å². The molecule has 0 spiro atoms. The topological polar surface area (TPSA) is 52.3 Å². The Morgan fingerprint density at radius 2 is 2.38 bits per heavy atom. The van der Waals surface area contributed by atoms with E-state index in [9.17, 15) is 4.79 Å². The van der Waals surface area contributed by atoms with Crippen molar-refractivity contribution in [1.29, 1.82) is 0 Å². The maximum absolute atomic E-state index is 11.5. The van der Waals surface area contributed by atoms with Crippen molar-refractivity contribution in [3.63, 3.8) is 0 Å². The van der Waals surface area contributed by atoms with Crippen LogP contribution >= 0.6 is 0 Å². The molecule has 3 heteroatoms. The number of carbonyl (C=O) groups is 1. The smallest absolute Gasteiger partial charge is 0.326 e. The van der Waals surface area contributed by atoms with Crippen LogP contribution in [0.2, 0.25) is 0 Å². The summed E-state index contributed by atoms with van der Waals surface area (Å²) in [6, 6.07) is 0. The second-order valence-electron chi connectivity index (χ2n) is 4.08. The zero-order valence-electron chi connectivity index (χ0n) is 8.51. The van der Waals surface area contributed by atoms with Crippen molar-refractivity contribution in [2.45, 2.75) is 45.1 Å². The minimum Gasteiger partial charge on any atom is -0.465 e. The van der Waals surface area contributed by atoms with Crippen molar-refractivity contribution in [2.24, 2.45) is 11.7 Å². The Balaban J connectivity index is 2.57. The number of rotatable bonds is 2. The zero-order valence-corrected chi connectivity index (χ0v) is 8.51. The fourth-order valence-corrected chi connectivity index (χ4v) is 2.05. The van der Waals surface area contributed by atoms with Crippen LogP contribution in [0.4, 0.5) is 0 Å². The van der Waals surface area contributed by atoms with E-state index < -0.39 is 5.54 Å². The molecule has 13 heavy (non-hydrogen) atoms. The maximum Gasteiger partial charge on any atom is 0.326 e. The first-order valence-corrected chi connectivity index (χ1v) is 5.04. The van der Waals surface area contributed by atoms with Crippen LogP contribution in [0, 0.1) is 5.92 Å². The van der Waals surface area contributed by atoms with Gasteiger partial charge in [0.25, 0.3) is 0 Å². The summed E-state index contributed by atoms with van der Waals surface area (Å²) in [5.74, 6) is 0.324. The molecule has 0 saturated heterocycles. The molecule has 0 aromatic carbocycles. The quantitative estimate of drug-likeness (QED) is 0.662. The summed E-state index contributed by atoms with van der Waals surface area (Å²) >= 11 is 0. The third-order valence-electron chi connectivity index (χ3n) is 2.71. The lowest BCUT2D eigenvalue weighted by Gasteiger charge is -2.34. The highest BCUT2D eigenvalue weighted by molar-refractivity contribution is 5.80. The van der Waals surface area contributed by atoms with Gasteiger partial charge in [0.2, 0.25) is 0 Å². The van der Waals surface area contributed by atoms with E-state index >= 15 is 0 Å². The Morgan fingerprint density at radius 1 is 1.69 bits per heavy atom. The van der Waals surface area contributed by atoms with Crippen LogP contribution in [0.15, 0.2) is 0 Å². The summed E-state index contributed by atoms with van der Waals surface area (Å²) in [7, 11) is 0. The minimum atomic E-state index is -0.701. The molecule has 1 aliphatic rings. The molecular formula is C10H19NO2. The summed E-state index contributed by atoms with van der Waals surface area (Å²) in [6.45, 7) is 4.37. The standard InChI is InChI=1S/C10H19NO2/c1-3-13-9(12)10(11)6-4-5-8(2)7-10/h8H,3-7,11H2,1-2H3/t8-,10+/m1/s1. The third kappa shape index (κ3) is 2.44. The van der Waals surface area contributed by atoms with Crippen molar-refractivity contribution in [2.75, 3.05) is 6.61 Å². The molecule has 1 aliphatic carbocycles. The van der Waals surface area contributed by atoms with Gasteiger partial charge in [0.05, 0.1) is 6.61 Å². The van der Waals surface area contributed by atoms with Crippen LogP contribution in [0.1, 0.15) is 39.5 Å². The Bertz CT molecular complexity index is 193. The number of hydrogen-bond donors (Lipinski definition) is 1. The van der Waals surface area contributed by atoms with Crippen molar-refractivity contribution >= 4 is 5.97 Å². The first kappa shape index (κ1) is 10.5. The Hall–Kier alpha value is -0.570. The highest BCUT2D eigenvalue weighted by atomic mass is 16.5. The van der Waals surface area contributed by atoms with Crippen molar-refractivity contribution in [3.05, 3.63) is 0 Å². The van der Waals surface area contributed by atoms with Gasteiger partial charge in [-0.15, -0.1) is 0 Å². The number of nitrogens with two attached hydrogens (primary N) is 1. The van der Waals surface area contributed by atoms with Crippen LogP contribution in [-0.2, 0) is 9.53 Å². The van der Waals surface area contributed by atoms with E-state index in [4.69, 9.17) is 10.5 Å². The van der Waals surface area contributed by atoms with Gasteiger partial charge in [0.15, 0.2) is 0 Å². The summed E-state index contributed by atoms with van der Waals surface area (Å²) in [4.78, 5) is 11.5. The van der Waals surface area contributed by atoms with Crippen molar-refractivity contribution in [3.8, 4) is 0 Å². The Kier molecular flexibility index (Phi) is 3.31. The lowest BCUT2D eigenvalue weighted by atomic mass is 9.77. The SMILES string of the molecule is CCOC(=O)[C@]1(N)CCC[C@@H](C)C1. The van der Waals surface area contributed by atoms with E-state index in [0.717, 1.165) is 19.3 Å². The lowest BCUT2D eigenvalue weighted by molar-refractivity contribution is -0.151. The molecule has 0 unspecified atom stereocenters. The molecule has 0 aromatic rings. The van der Waals surface area contributed by atoms with Gasteiger partial charge in [-0.1, -0.05) is 19.8 Å². The second kappa shape index (κ2) is 4.09. The van der Waals surface area contributed by atoms with Gasteiger partial charge in [0, 0.05) is 0 Å². The molecule has 2 atom stereocenters. The number of esters is 1. The van der Waals surface area contributed by atoms with E-state index in [2.05, 4.69) is 6.92 Å². The second-order valence-corrected chi connectivity index (χ2v) is 4.08. The predicted octanol–water partition coefficient (Wildman–Crippen LogP) is 1.46. The lowest BCUT2D eigenvalue weighted by Crippen LogP contribution is -2.51. The number of ether oxygens (including phenoxy) is 1. The molecule has 0 radical (unpaired) electrons. The van der Waals surface area contributed by atoms with Crippen LogP contribution in [0.5, 0.6) is 0 Å². The van der Waals surface area contributed by atoms with E-state index in [1.165, 1.54) is 6.42 Å². The van der Waals surface area contributed by atoms with Gasteiger partial charge in [0.1, 0.15) is 5.54 Å². The van der Waals surface area contributed by atoms with Gasteiger partial charge < -0.3 is 10.5 Å². The highest BCUT2D eigenvalue weighted by Gasteiger charge is 2.39. The molecular weight excluding hydrogens is 166 g/mol. The minimum absolute atomic E-state index is 0.221. The fourth-order valence-electron chi connectivity index (χ4n) is 2.05.